The first-order chi connectivity index (χ1) is 8.09. The Balaban J connectivity index is 2.17. The zero-order chi connectivity index (χ0) is 12.3. The van der Waals surface area contributed by atoms with Gasteiger partial charge in [-0.3, -0.25) is 5.10 Å². The van der Waals surface area contributed by atoms with Crippen molar-refractivity contribution in [2.24, 2.45) is 0 Å². The molecule has 17 heavy (non-hydrogen) atoms. The lowest BCUT2D eigenvalue weighted by atomic mass is 10.2. The smallest absolute Gasteiger partial charge is 0.241 e. The fourth-order valence-corrected chi connectivity index (χ4v) is 2.65. The Kier molecular flexibility index (Phi) is 3.21. The number of H-pyrrole nitrogens is 1. The molecule has 0 saturated carbocycles. The van der Waals surface area contributed by atoms with E-state index >= 15 is 0 Å². The molecule has 6 nitrogen and oxygen atoms in total. The van der Waals surface area contributed by atoms with Crippen molar-refractivity contribution in [2.75, 3.05) is 0 Å². The number of aryl methyl sites for hydroxylation is 1. The number of nitrogens with one attached hydrogen (secondary N) is 2. The first-order valence-electron chi connectivity index (χ1n) is 4.99. The summed E-state index contributed by atoms with van der Waals surface area (Å²) in [6.07, 6.45) is 1.33. The topological polar surface area (TPSA) is 87.7 Å². The van der Waals surface area contributed by atoms with Gasteiger partial charge in [0.05, 0.1) is 11.4 Å². The van der Waals surface area contributed by atoms with Gasteiger partial charge in [0.2, 0.25) is 10.0 Å². The van der Waals surface area contributed by atoms with Gasteiger partial charge in [-0.05, 0) is 18.6 Å². The van der Waals surface area contributed by atoms with E-state index in [0.29, 0.717) is 11.4 Å². The van der Waals surface area contributed by atoms with Crippen LogP contribution in [0, 0.1) is 6.92 Å². The highest BCUT2D eigenvalue weighted by molar-refractivity contribution is 7.89. The van der Waals surface area contributed by atoms with Crippen LogP contribution in [0.25, 0.3) is 0 Å². The first kappa shape index (κ1) is 11.7. The summed E-state index contributed by atoms with van der Waals surface area (Å²) in [5.74, 6) is 0.474. The van der Waals surface area contributed by atoms with Crippen molar-refractivity contribution in [3.8, 4) is 0 Å². The van der Waals surface area contributed by atoms with E-state index in [-0.39, 0.29) is 11.4 Å². The predicted molar refractivity (Wildman–Crippen MR) is 61.6 cm³/mol. The van der Waals surface area contributed by atoms with Gasteiger partial charge in [-0.15, -0.1) is 0 Å². The zero-order valence-electron chi connectivity index (χ0n) is 9.21. The lowest BCUT2D eigenvalue weighted by molar-refractivity contribution is 0.579. The highest BCUT2D eigenvalue weighted by Crippen LogP contribution is 2.13. The molecule has 2 aromatic rings. The molecule has 0 aliphatic carbocycles. The highest BCUT2D eigenvalue weighted by Gasteiger charge is 2.16. The minimum absolute atomic E-state index is 0.0939. The van der Waals surface area contributed by atoms with E-state index in [0.717, 1.165) is 0 Å². The third-order valence-corrected chi connectivity index (χ3v) is 3.84. The van der Waals surface area contributed by atoms with E-state index in [1.54, 1.807) is 31.2 Å². The van der Waals surface area contributed by atoms with Gasteiger partial charge < -0.3 is 0 Å². The maximum Gasteiger partial charge on any atom is 0.241 e. The van der Waals surface area contributed by atoms with E-state index < -0.39 is 10.0 Å². The minimum atomic E-state index is -3.50. The van der Waals surface area contributed by atoms with Gasteiger partial charge in [0, 0.05) is 0 Å². The van der Waals surface area contributed by atoms with Gasteiger partial charge in [0.25, 0.3) is 0 Å². The molecule has 0 atom stereocenters. The summed E-state index contributed by atoms with van der Waals surface area (Å²) in [4.78, 5) is 4.12. The molecule has 1 aromatic carbocycles. The summed E-state index contributed by atoms with van der Waals surface area (Å²) in [6.45, 7) is 1.85. The van der Waals surface area contributed by atoms with E-state index in [2.05, 4.69) is 19.9 Å². The minimum Gasteiger partial charge on any atom is -0.262 e. The lowest BCUT2D eigenvalue weighted by Crippen LogP contribution is -2.24. The Morgan fingerprint density at radius 1 is 1.35 bits per heavy atom. The molecule has 2 N–H and O–H groups in total. The molecule has 7 heteroatoms. The molecule has 0 radical (unpaired) electrons. The molecular weight excluding hydrogens is 240 g/mol. The van der Waals surface area contributed by atoms with Gasteiger partial charge >= 0.3 is 0 Å². The van der Waals surface area contributed by atoms with Crippen LogP contribution in [-0.4, -0.2) is 23.6 Å². The SMILES string of the molecule is Cc1ccccc1S(=O)(=O)NCc1ncn[nH]1. The fraction of sp³-hybridized carbons (Fsp3) is 0.200. The molecule has 0 aliphatic heterocycles. The van der Waals surface area contributed by atoms with Gasteiger partial charge in [0.1, 0.15) is 12.2 Å². The Morgan fingerprint density at radius 2 is 2.12 bits per heavy atom. The summed E-state index contributed by atoms with van der Waals surface area (Å²) in [5.41, 5.74) is 0.706. The van der Waals surface area contributed by atoms with Crippen molar-refractivity contribution in [1.29, 1.82) is 0 Å². The molecule has 1 aromatic heterocycles. The largest absolute Gasteiger partial charge is 0.262 e. The lowest BCUT2D eigenvalue weighted by Gasteiger charge is -2.07. The third-order valence-electron chi connectivity index (χ3n) is 2.28. The molecule has 0 amide bonds. The van der Waals surface area contributed by atoms with Crippen molar-refractivity contribution < 1.29 is 8.42 Å². The molecular formula is C10H12N4O2S. The van der Waals surface area contributed by atoms with Gasteiger partial charge in [-0.2, -0.15) is 5.10 Å². The van der Waals surface area contributed by atoms with Gasteiger partial charge in [0.15, 0.2) is 0 Å². The van der Waals surface area contributed by atoms with Crippen LogP contribution in [-0.2, 0) is 16.6 Å². The second-order valence-corrected chi connectivity index (χ2v) is 5.26. The number of benzene rings is 1. The third kappa shape index (κ3) is 2.69. The van der Waals surface area contributed by atoms with E-state index in [1.807, 2.05) is 0 Å². The van der Waals surface area contributed by atoms with Crippen molar-refractivity contribution in [3.05, 3.63) is 42.0 Å². The Labute approximate surface area is 99.1 Å². The average Bonchev–Trinajstić information content (AvgIpc) is 2.80. The maximum atomic E-state index is 12.0. The molecule has 1 heterocycles. The van der Waals surface area contributed by atoms with Crippen molar-refractivity contribution in [1.82, 2.24) is 19.9 Å². The zero-order valence-corrected chi connectivity index (χ0v) is 10.0. The monoisotopic (exact) mass is 252 g/mol. The fourth-order valence-electron chi connectivity index (χ4n) is 1.42. The molecule has 0 saturated heterocycles. The molecule has 2 rings (SSSR count). The number of nitrogens with zero attached hydrogens (tertiary/aromatic N) is 2. The molecule has 90 valence electrons. The number of aromatic nitrogens is 3. The van der Waals surface area contributed by atoms with Crippen LogP contribution in [0.3, 0.4) is 0 Å². The van der Waals surface area contributed by atoms with Crippen LogP contribution in [0.15, 0.2) is 35.5 Å². The number of hydrogen-bond donors (Lipinski definition) is 2. The summed E-state index contributed by atoms with van der Waals surface area (Å²) >= 11 is 0. The second-order valence-electron chi connectivity index (χ2n) is 3.52. The summed E-state index contributed by atoms with van der Waals surface area (Å²) in [5, 5.41) is 6.23. The van der Waals surface area contributed by atoms with Crippen LogP contribution in [0.2, 0.25) is 0 Å². The molecule has 0 bridgehead atoms. The van der Waals surface area contributed by atoms with Crippen LogP contribution < -0.4 is 4.72 Å². The first-order valence-corrected chi connectivity index (χ1v) is 6.47. The molecule has 0 fully saturated rings. The van der Waals surface area contributed by atoms with E-state index in [1.165, 1.54) is 6.33 Å². The standard InChI is InChI=1S/C10H12N4O2S/c1-8-4-2-3-5-9(8)17(15,16)13-6-10-11-7-12-14-10/h2-5,7,13H,6H2,1H3,(H,11,12,14). The molecule has 0 unspecified atom stereocenters. The van der Waals surface area contributed by atoms with Crippen molar-refractivity contribution >= 4 is 10.0 Å². The molecule has 0 aliphatic rings. The van der Waals surface area contributed by atoms with Crippen LogP contribution in [0.4, 0.5) is 0 Å². The number of aromatic amines is 1. The van der Waals surface area contributed by atoms with Crippen LogP contribution in [0.1, 0.15) is 11.4 Å². The average molecular weight is 252 g/mol. The Hall–Kier alpha value is -1.73. The maximum absolute atomic E-state index is 12.0. The van der Waals surface area contributed by atoms with Gasteiger partial charge in [-0.25, -0.2) is 18.1 Å². The summed E-state index contributed by atoms with van der Waals surface area (Å²) in [6, 6.07) is 6.81. The van der Waals surface area contributed by atoms with Crippen LogP contribution in [0.5, 0.6) is 0 Å². The summed E-state index contributed by atoms with van der Waals surface area (Å²) < 4.78 is 26.4. The second kappa shape index (κ2) is 4.64. The van der Waals surface area contributed by atoms with Crippen LogP contribution >= 0.6 is 0 Å². The van der Waals surface area contributed by atoms with Gasteiger partial charge in [-0.1, -0.05) is 18.2 Å². The Morgan fingerprint density at radius 3 is 2.76 bits per heavy atom. The summed E-state index contributed by atoms with van der Waals surface area (Å²) in [7, 11) is -3.50. The predicted octanol–water partition coefficient (Wildman–Crippen LogP) is 0.592. The Bertz CT molecular complexity index is 593. The highest BCUT2D eigenvalue weighted by atomic mass is 32.2. The normalized spacial score (nSPS) is 11.6. The van der Waals surface area contributed by atoms with Crippen molar-refractivity contribution in [2.45, 2.75) is 18.4 Å². The molecule has 0 spiro atoms. The quantitative estimate of drug-likeness (QED) is 0.833. The van der Waals surface area contributed by atoms with E-state index in [9.17, 15) is 8.42 Å². The van der Waals surface area contributed by atoms with Crippen molar-refractivity contribution in [3.63, 3.8) is 0 Å². The number of hydrogen-bond acceptors (Lipinski definition) is 4. The number of sulfonamides is 1. The van der Waals surface area contributed by atoms with E-state index in [4.69, 9.17) is 0 Å². The number of rotatable bonds is 4.